The second kappa shape index (κ2) is 9.11. The van der Waals surface area contributed by atoms with Crippen molar-refractivity contribution in [1.82, 2.24) is 15.0 Å². The zero-order valence-electron chi connectivity index (χ0n) is 19.3. The number of anilines is 1. The fourth-order valence-corrected chi connectivity index (χ4v) is 4.88. The van der Waals surface area contributed by atoms with Gasteiger partial charge in [0, 0.05) is 47.9 Å². The molecule has 0 radical (unpaired) electrons. The van der Waals surface area contributed by atoms with E-state index in [1.165, 1.54) is 0 Å². The second-order valence-electron chi connectivity index (χ2n) is 8.75. The lowest BCUT2D eigenvalue weighted by molar-refractivity contribution is 0.0912. The molecule has 1 N–H and O–H groups in total. The Balaban J connectivity index is 1.88. The molecule has 0 aliphatic heterocycles. The third kappa shape index (κ3) is 3.88. The highest BCUT2D eigenvalue weighted by atomic mass is 16.1. The molecule has 1 aliphatic rings. The van der Waals surface area contributed by atoms with E-state index >= 15 is 0 Å². The molecular formula is C27H32N4O. The monoisotopic (exact) mass is 428 g/mol. The number of allylic oxidation sites excluding steroid dienone is 1. The maximum absolute atomic E-state index is 13.3. The van der Waals surface area contributed by atoms with Crippen LogP contribution >= 0.6 is 0 Å². The van der Waals surface area contributed by atoms with Gasteiger partial charge in [0.05, 0.1) is 11.2 Å². The summed E-state index contributed by atoms with van der Waals surface area (Å²) < 4.78 is 0. The number of H-pyrrole nitrogens is 1. The number of aryl methyl sites for hydroxylation is 1. The van der Waals surface area contributed by atoms with Gasteiger partial charge in [-0.15, -0.1) is 13.2 Å². The molecule has 2 unspecified atom stereocenters. The van der Waals surface area contributed by atoms with Crippen LogP contribution in [0.4, 0.5) is 5.82 Å². The third-order valence-corrected chi connectivity index (χ3v) is 6.60. The van der Waals surface area contributed by atoms with E-state index < -0.39 is 0 Å². The number of rotatable bonds is 7. The van der Waals surface area contributed by atoms with Crippen LogP contribution in [-0.2, 0) is 0 Å². The van der Waals surface area contributed by atoms with Crippen LogP contribution in [0.1, 0.15) is 60.3 Å². The zero-order valence-corrected chi connectivity index (χ0v) is 19.3. The highest BCUT2D eigenvalue weighted by molar-refractivity contribution is 6.02. The number of hydrogen-bond acceptors (Lipinski definition) is 4. The first-order valence-electron chi connectivity index (χ1n) is 11.5. The smallest absolute Gasteiger partial charge is 0.167 e. The maximum atomic E-state index is 13.3. The van der Waals surface area contributed by atoms with Gasteiger partial charge in [0.25, 0.3) is 0 Å². The minimum absolute atomic E-state index is 0.0846. The minimum atomic E-state index is 0.0846. The van der Waals surface area contributed by atoms with Crippen molar-refractivity contribution in [3.63, 3.8) is 0 Å². The first-order valence-corrected chi connectivity index (χ1v) is 11.5. The number of Topliss-reactive ketones (excluding diaryl/α,β-unsaturated/α-hetero) is 1. The number of carbonyl (C=O) groups excluding carboxylic acids is 1. The van der Waals surface area contributed by atoms with Crippen molar-refractivity contribution in [3.8, 4) is 11.3 Å². The van der Waals surface area contributed by atoms with Crippen LogP contribution < -0.4 is 4.90 Å². The van der Waals surface area contributed by atoms with Crippen LogP contribution in [-0.4, -0.2) is 34.3 Å². The van der Waals surface area contributed by atoms with E-state index in [0.29, 0.717) is 6.54 Å². The molecular weight excluding hydrogens is 396 g/mol. The molecule has 32 heavy (non-hydrogen) atoms. The maximum Gasteiger partial charge on any atom is 0.167 e. The molecule has 1 aromatic carbocycles. The third-order valence-electron chi connectivity index (χ3n) is 6.60. The normalized spacial score (nSPS) is 18.3. The average molecular weight is 429 g/mol. The number of benzene rings is 1. The molecule has 5 heteroatoms. The van der Waals surface area contributed by atoms with E-state index in [4.69, 9.17) is 9.97 Å². The first-order chi connectivity index (χ1) is 15.5. The van der Waals surface area contributed by atoms with Gasteiger partial charge < -0.3 is 9.88 Å². The summed E-state index contributed by atoms with van der Waals surface area (Å²) in [5, 5.41) is 0. The summed E-state index contributed by atoms with van der Waals surface area (Å²) in [4.78, 5) is 28.8. The lowest BCUT2D eigenvalue weighted by Gasteiger charge is -2.19. The molecule has 0 bridgehead atoms. The Kier molecular flexibility index (Phi) is 6.26. The highest BCUT2D eigenvalue weighted by Gasteiger charge is 2.31. The van der Waals surface area contributed by atoms with Gasteiger partial charge in [-0.1, -0.05) is 31.2 Å². The van der Waals surface area contributed by atoms with Crippen molar-refractivity contribution < 1.29 is 4.79 Å². The predicted molar refractivity (Wildman–Crippen MR) is 132 cm³/mol. The van der Waals surface area contributed by atoms with E-state index in [-0.39, 0.29) is 17.6 Å². The SMILES string of the molecule is C=CCC1CCC(CC)C(=O)c2cc(-c3cccc4nc(C)c(N(C)CC=C)nc34)[nH]c21. The Morgan fingerprint density at radius 3 is 2.66 bits per heavy atom. The van der Waals surface area contributed by atoms with Gasteiger partial charge in [-0.05, 0) is 44.7 Å². The summed E-state index contributed by atoms with van der Waals surface area (Å²) in [6, 6.07) is 8.08. The van der Waals surface area contributed by atoms with E-state index in [1.54, 1.807) is 0 Å². The number of carbonyl (C=O) groups is 1. The van der Waals surface area contributed by atoms with Gasteiger partial charge in [-0.3, -0.25) is 4.79 Å². The molecule has 2 heterocycles. The zero-order chi connectivity index (χ0) is 22.8. The minimum Gasteiger partial charge on any atom is -0.357 e. The summed E-state index contributed by atoms with van der Waals surface area (Å²) in [6.45, 7) is 12.6. The van der Waals surface area contributed by atoms with Gasteiger partial charge in [0.1, 0.15) is 5.52 Å². The number of aromatic amines is 1. The molecule has 2 atom stereocenters. The molecule has 4 rings (SSSR count). The lowest BCUT2D eigenvalue weighted by Crippen LogP contribution is -2.19. The standard InChI is InChI=1S/C27H32N4O/c1-6-10-19-14-13-18(8-3)26(32)21-16-23(29-24(19)21)20-11-9-12-22-25(20)30-27(17(4)28-22)31(5)15-7-2/h6-7,9,11-12,16,18-19,29H,1-2,8,10,13-15H2,3-5H3. The van der Waals surface area contributed by atoms with Crippen LogP contribution in [0.5, 0.6) is 0 Å². The molecule has 0 amide bonds. The average Bonchev–Trinajstić information content (AvgIpc) is 3.18. The molecule has 2 aromatic heterocycles. The Bertz CT molecular complexity index is 1180. The Labute approximate surface area is 190 Å². The van der Waals surface area contributed by atoms with Crippen molar-refractivity contribution in [3.05, 3.63) is 66.5 Å². The Morgan fingerprint density at radius 2 is 1.94 bits per heavy atom. The topological polar surface area (TPSA) is 61.9 Å². The summed E-state index contributed by atoms with van der Waals surface area (Å²) >= 11 is 0. The predicted octanol–water partition coefficient (Wildman–Crippen LogP) is 6.22. The summed E-state index contributed by atoms with van der Waals surface area (Å²) in [5.41, 5.74) is 6.33. The molecule has 0 fully saturated rings. The van der Waals surface area contributed by atoms with Crippen LogP contribution in [0.3, 0.4) is 0 Å². The number of hydrogen-bond donors (Lipinski definition) is 1. The summed E-state index contributed by atoms with van der Waals surface area (Å²) in [7, 11) is 1.99. The van der Waals surface area contributed by atoms with Crippen molar-refractivity contribution in [2.24, 2.45) is 5.92 Å². The molecule has 5 nitrogen and oxygen atoms in total. The number of nitrogens with zero attached hydrogens (tertiary/aromatic N) is 3. The lowest BCUT2D eigenvalue weighted by atomic mass is 9.93. The van der Waals surface area contributed by atoms with Gasteiger partial charge >= 0.3 is 0 Å². The molecule has 3 aromatic rings. The molecule has 1 aliphatic carbocycles. The fraction of sp³-hybridized carbons (Fsp3) is 0.370. The molecule has 0 spiro atoms. The highest BCUT2D eigenvalue weighted by Crippen LogP contribution is 2.39. The van der Waals surface area contributed by atoms with E-state index in [9.17, 15) is 4.79 Å². The van der Waals surface area contributed by atoms with Crippen molar-refractivity contribution in [2.75, 3.05) is 18.5 Å². The summed E-state index contributed by atoms with van der Waals surface area (Å²) in [5.74, 6) is 1.46. The molecule has 0 saturated carbocycles. The Hall–Kier alpha value is -3.21. The van der Waals surface area contributed by atoms with Crippen LogP contribution in [0.15, 0.2) is 49.6 Å². The van der Waals surface area contributed by atoms with Crippen LogP contribution in [0.25, 0.3) is 22.3 Å². The number of nitrogens with one attached hydrogen (secondary N) is 1. The number of fused-ring (bicyclic) bond motifs is 2. The molecule has 0 saturated heterocycles. The number of ketones is 1. The van der Waals surface area contributed by atoms with E-state index in [0.717, 1.165) is 70.7 Å². The number of likely N-dealkylation sites (N-methyl/N-ethyl adjacent to an activating group) is 1. The largest absolute Gasteiger partial charge is 0.357 e. The van der Waals surface area contributed by atoms with E-state index in [1.807, 2.05) is 49.2 Å². The number of para-hydroxylation sites is 1. The van der Waals surface area contributed by atoms with Gasteiger partial charge in [0.15, 0.2) is 11.6 Å². The fourth-order valence-electron chi connectivity index (χ4n) is 4.88. The van der Waals surface area contributed by atoms with Crippen molar-refractivity contribution in [1.29, 1.82) is 0 Å². The second-order valence-corrected chi connectivity index (χ2v) is 8.75. The van der Waals surface area contributed by atoms with E-state index in [2.05, 4.69) is 31.1 Å². The van der Waals surface area contributed by atoms with Crippen LogP contribution in [0, 0.1) is 12.8 Å². The first kappa shape index (κ1) is 22.0. The van der Waals surface area contributed by atoms with Gasteiger partial charge in [0.2, 0.25) is 0 Å². The molecule has 166 valence electrons. The van der Waals surface area contributed by atoms with Crippen molar-refractivity contribution in [2.45, 2.75) is 45.4 Å². The quantitative estimate of drug-likeness (QED) is 0.358. The Morgan fingerprint density at radius 1 is 1.16 bits per heavy atom. The number of aromatic nitrogens is 3. The van der Waals surface area contributed by atoms with Gasteiger partial charge in [-0.25, -0.2) is 9.97 Å². The van der Waals surface area contributed by atoms with Crippen LogP contribution in [0.2, 0.25) is 0 Å². The van der Waals surface area contributed by atoms with Gasteiger partial charge in [-0.2, -0.15) is 0 Å². The summed E-state index contributed by atoms with van der Waals surface area (Å²) in [6.07, 6.45) is 7.48. The van der Waals surface area contributed by atoms with Crippen molar-refractivity contribution >= 4 is 22.6 Å².